The monoisotopic (exact) mass is 316 g/mol. The Balaban J connectivity index is 1.66. The molecular formula is C19H28N2O2. The first-order chi connectivity index (χ1) is 10.9. The first-order valence-corrected chi connectivity index (χ1v) is 8.70. The van der Waals surface area contributed by atoms with Crippen molar-refractivity contribution in [3.63, 3.8) is 0 Å². The highest BCUT2D eigenvalue weighted by atomic mass is 16.6. The van der Waals surface area contributed by atoms with E-state index in [2.05, 4.69) is 35.2 Å². The van der Waals surface area contributed by atoms with Crippen LogP contribution in [0.3, 0.4) is 0 Å². The molecule has 2 heterocycles. The molecule has 2 saturated heterocycles. The summed E-state index contributed by atoms with van der Waals surface area (Å²) in [6.07, 6.45) is 3.31. The lowest BCUT2D eigenvalue weighted by Crippen LogP contribution is -2.43. The second kappa shape index (κ2) is 6.52. The average Bonchev–Trinajstić information content (AvgIpc) is 2.72. The Morgan fingerprint density at radius 1 is 1.13 bits per heavy atom. The van der Waals surface area contributed by atoms with Crippen molar-refractivity contribution in [1.82, 2.24) is 9.80 Å². The summed E-state index contributed by atoms with van der Waals surface area (Å²) < 4.78 is 5.56. The van der Waals surface area contributed by atoms with Crippen LogP contribution in [0.5, 0.6) is 0 Å². The fraction of sp³-hybridized carbons (Fsp3) is 0.632. The van der Waals surface area contributed by atoms with Gasteiger partial charge in [0.1, 0.15) is 5.60 Å². The van der Waals surface area contributed by atoms with Gasteiger partial charge in [0.15, 0.2) is 0 Å². The zero-order valence-electron chi connectivity index (χ0n) is 14.5. The quantitative estimate of drug-likeness (QED) is 0.835. The van der Waals surface area contributed by atoms with Gasteiger partial charge in [-0.15, -0.1) is 0 Å². The van der Waals surface area contributed by atoms with Gasteiger partial charge in [-0.1, -0.05) is 30.3 Å². The van der Waals surface area contributed by atoms with Crippen LogP contribution in [0.2, 0.25) is 0 Å². The third kappa shape index (κ3) is 4.05. The molecule has 0 aromatic heterocycles. The van der Waals surface area contributed by atoms with Gasteiger partial charge in [-0.25, -0.2) is 4.79 Å². The molecule has 2 unspecified atom stereocenters. The van der Waals surface area contributed by atoms with Gasteiger partial charge in [-0.05, 0) is 45.6 Å². The summed E-state index contributed by atoms with van der Waals surface area (Å²) in [4.78, 5) is 16.9. The maximum Gasteiger partial charge on any atom is 0.410 e. The molecule has 126 valence electrons. The van der Waals surface area contributed by atoms with E-state index in [0.717, 1.165) is 26.1 Å². The number of hydrogen-bond donors (Lipinski definition) is 0. The van der Waals surface area contributed by atoms with Crippen molar-refractivity contribution in [1.29, 1.82) is 0 Å². The molecule has 1 amide bonds. The number of carbonyl (C=O) groups excluding carboxylic acids is 1. The molecule has 2 atom stereocenters. The van der Waals surface area contributed by atoms with E-state index in [0.29, 0.717) is 12.1 Å². The Labute approximate surface area is 139 Å². The molecule has 0 spiro atoms. The minimum Gasteiger partial charge on any atom is -0.444 e. The maximum absolute atomic E-state index is 12.4. The van der Waals surface area contributed by atoms with Gasteiger partial charge in [0, 0.05) is 31.7 Å². The van der Waals surface area contributed by atoms with E-state index in [1.807, 2.05) is 25.7 Å². The summed E-state index contributed by atoms with van der Waals surface area (Å²) in [5.41, 5.74) is 0.932. The predicted octanol–water partition coefficient (Wildman–Crippen LogP) is 3.66. The van der Waals surface area contributed by atoms with E-state index >= 15 is 0 Å². The smallest absolute Gasteiger partial charge is 0.410 e. The highest BCUT2D eigenvalue weighted by Gasteiger charge is 2.39. The van der Waals surface area contributed by atoms with Crippen LogP contribution in [0.4, 0.5) is 4.79 Å². The van der Waals surface area contributed by atoms with Crippen LogP contribution in [0, 0.1) is 0 Å². The SMILES string of the molecule is CC(C)(C)OC(=O)N1CCC2CCC(C1)N2Cc1ccccc1. The third-order valence-corrected chi connectivity index (χ3v) is 4.79. The number of benzene rings is 1. The Hall–Kier alpha value is -1.55. The second-order valence-corrected chi connectivity index (χ2v) is 7.76. The van der Waals surface area contributed by atoms with Crippen LogP contribution in [0.25, 0.3) is 0 Å². The lowest BCUT2D eigenvalue weighted by atomic mass is 10.1. The van der Waals surface area contributed by atoms with Gasteiger partial charge in [0.25, 0.3) is 0 Å². The first kappa shape index (κ1) is 16.3. The maximum atomic E-state index is 12.4. The Morgan fingerprint density at radius 2 is 1.83 bits per heavy atom. The van der Waals surface area contributed by atoms with E-state index in [9.17, 15) is 4.79 Å². The number of ether oxygens (including phenoxy) is 1. The van der Waals surface area contributed by atoms with Crippen LogP contribution in [-0.4, -0.2) is 46.7 Å². The van der Waals surface area contributed by atoms with E-state index in [1.165, 1.54) is 18.4 Å². The molecular weight excluding hydrogens is 288 g/mol. The number of nitrogens with zero attached hydrogens (tertiary/aromatic N) is 2. The molecule has 4 nitrogen and oxygen atoms in total. The van der Waals surface area contributed by atoms with Crippen molar-refractivity contribution in [3.05, 3.63) is 35.9 Å². The summed E-state index contributed by atoms with van der Waals surface area (Å²) in [6.45, 7) is 8.36. The largest absolute Gasteiger partial charge is 0.444 e. The van der Waals surface area contributed by atoms with Gasteiger partial charge in [0.05, 0.1) is 0 Å². The standard InChI is InChI=1S/C19H28N2O2/c1-19(2,3)23-18(22)20-12-11-16-9-10-17(14-20)21(16)13-15-7-5-4-6-8-15/h4-8,16-17H,9-14H2,1-3H3. The molecule has 3 rings (SSSR count). The summed E-state index contributed by atoms with van der Waals surface area (Å²) in [5, 5.41) is 0. The molecule has 0 saturated carbocycles. The molecule has 2 aliphatic heterocycles. The molecule has 1 aromatic rings. The van der Waals surface area contributed by atoms with Crippen molar-refractivity contribution in [2.45, 2.75) is 64.3 Å². The molecule has 0 radical (unpaired) electrons. The van der Waals surface area contributed by atoms with Gasteiger partial charge in [-0.3, -0.25) is 4.90 Å². The topological polar surface area (TPSA) is 32.8 Å². The van der Waals surface area contributed by atoms with Gasteiger partial charge in [0.2, 0.25) is 0 Å². The Bertz CT molecular complexity index is 538. The Morgan fingerprint density at radius 3 is 2.52 bits per heavy atom. The molecule has 2 aliphatic rings. The molecule has 0 N–H and O–H groups in total. The van der Waals surface area contributed by atoms with Crippen molar-refractivity contribution < 1.29 is 9.53 Å². The fourth-order valence-electron chi connectivity index (χ4n) is 3.72. The lowest BCUT2D eigenvalue weighted by molar-refractivity contribution is 0.0231. The number of likely N-dealkylation sites (tertiary alicyclic amines) is 1. The van der Waals surface area contributed by atoms with Crippen LogP contribution in [0.15, 0.2) is 30.3 Å². The van der Waals surface area contributed by atoms with E-state index < -0.39 is 5.60 Å². The van der Waals surface area contributed by atoms with Crippen molar-refractivity contribution in [3.8, 4) is 0 Å². The number of amides is 1. The van der Waals surface area contributed by atoms with Crippen molar-refractivity contribution in [2.75, 3.05) is 13.1 Å². The molecule has 2 bridgehead atoms. The Kier molecular flexibility index (Phi) is 4.62. The minimum absolute atomic E-state index is 0.162. The predicted molar refractivity (Wildman–Crippen MR) is 91.2 cm³/mol. The van der Waals surface area contributed by atoms with Gasteiger partial charge in [-0.2, -0.15) is 0 Å². The molecule has 0 aliphatic carbocycles. The van der Waals surface area contributed by atoms with Crippen LogP contribution in [0.1, 0.15) is 45.6 Å². The lowest BCUT2D eigenvalue weighted by Gasteiger charge is -2.30. The van der Waals surface area contributed by atoms with E-state index in [-0.39, 0.29) is 6.09 Å². The number of rotatable bonds is 2. The van der Waals surface area contributed by atoms with Crippen LogP contribution < -0.4 is 0 Å². The first-order valence-electron chi connectivity index (χ1n) is 8.70. The number of fused-ring (bicyclic) bond motifs is 2. The summed E-state index contributed by atoms with van der Waals surface area (Å²) in [7, 11) is 0. The van der Waals surface area contributed by atoms with Crippen LogP contribution >= 0.6 is 0 Å². The minimum atomic E-state index is -0.424. The average molecular weight is 316 g/mol. The highest BCUT2D eigenvalue weighted by molar-refractivity contribution is 5.68. The third-order valence-electron chi connectivity index (χ3n) is 4.79. The fourth-order valence-corrected chi connectivity index (χ4v) is 3.72. The molecule has 23 heavy (non-hydrogen) atoms. The number of hydrogen-bond acceptors (Lipinski definition) is 3. The summed E-state index contributed by atoms with van der Waals surface area (Å²) in [6, 6.07) is 11.7. The number of carbonyl (C=O) groups is 1. The van der Waals surface area contributed by atoms with Crippen LogP contribution in [-0.2, 0) is 11.3 Å². The van der Waals surface area contributed by atoms with E-state index in [4.69, 9.17) is 4.74 Å². The second-order valence-electron chi connectivity index (χ2n) is 7.76. The highest BCUT2D eigenvalue weighted by Crippen LogP contribution is 2.32. The van der Waals surface area contributed by atoms with Crippen molar-refractivity contribution in [2.24, 2.45) is 0 Å². The van der Waals surface area contributed by atoms with Gasteiger partial charge < -0.3 is 9.64 Å². The van der Waals surface area contributed by atoms with Crippen molar-refractivity contribution >= 4 is 6.09 Å². The zero-order valence-corrected chi connectivity index (χ0v) is 14.5. The molecule has 1 aromatic carbocycles. The summed E-state index contributed by atoms with van der Waals surface area (Å²) in [5.74, 6) is 0. The normalized spacial score (nSPS) is 25.3. The van der Waals surface area contributed by atoms with E-state index in [1.54, 1.807) is 0 Å². The van der Waals surface area contributed by atoms with Gasteiger partial charge >= 0.3 is 6.09 Å². The molecule has 4 heteroatoms. The molecule has 2 fully saturated rings. The summed E-state index contributed by atoms with van der Waals surface area (Å²) >= 11 is 0. The zero-order chi connectivity index (χ0) is 16.4.